The lowest BCUT2D eigenvalue weighted by molar-refractivity contribution is 0.671. The van der Waals surface area contributed by atoms with Crippen molar-refractivity contribution in [3.05, 3.63) is 140 Å². The summed E-state index contributed by atoms with van der Waals surface area (Å²) < 4.78 is 9.18. The van der Waals surface area contributed by atoms with Crippen LogP contribution in [0.1, 0.15) is 0 Å². The summed E-state index contributed by atoms with van der Waals surface area (Å²) in [6.45, 7) is 0. The molecule has 0 bridgehead atoms. The highest BCUT2D eigenvalue weighted by Crippen LogP contribution is 2.49. The van der Waals surface area contributed by atoms with Gasteiger partial charge < -0.3 is 8.98 Å². The normalized spacial score (nSPS) is 12.3. The molecule has 0 aliphatic heterocycles. The Labute approximate surface area is 240 Å². The van der Waals surface area contributed by atoms with E-state index in [1.54, 1.807) is 0 Å². The van der Waals surface area contributed by atoms with Crippen LogP contribution in [0.5, 0.6) is 0 Å². The van der Waals surface area contributed by atoms with Crippen molar-refractivity contribution in [2.45, 2.75) is 0 Å². The number of para-hydroxylation sites is 2. The molecule has 0 saturated carbocycles. The van der Waals surface area contributed by atoms with E-state index in [-0.39, 0.29) is 0 Å². The van der Waals surface area contributed by atoms with Gasteiger partial charge in [0.2, 0.25) is 0 Å². The monoisotopic (exact) mass is 533 g/mol. The number of fused-ring (bicyclic) bond motifs is 17. The maximum absolute atomic E-state index is 6.72. The molecule has 42 heavy (non-hydrogen) atoms. The Kier molecular flexibility index (Phi) is 4.21. The second-order valence-corrected chi connectivity index (χ2v) is 11.2. The molecule has 0 saturated heterocycles. The van der Waals surface area contributed by atoms with Crippen LogP contribution >= 0.6 is 0 Å². The van der Waals surface area contributed by atoms with Crippen molar-refractivity contribution < 1.29 is 4.42 Å². The largest absolute Gasteiger partial charge is 0.454 e. The fourth-order valence-electron chi connectivity index (χ4n) is 7.48. The summed E-state index contributed by atoms with van der Waals surface area (Å²) in [5.41, 5.74) is 5.30. The van der Waals surface area contributed by atoms with Gasteiger partial charge in [0.25, 0.3) is 0 Å². The zero-order valence-electron chi connectivity index (χ0n) is 22.6. The summed E-state index contributed by atoms with van der Waals surface area (Å²) in [7, 11) is 0. The molecule has 2 heterocycles. The average Bonchev–Trinajstić information content (AvgIpc) is 3.61. The minimum Gasteiger partial charge on any atom is -0.454 e. The van der Waals surface area contributed by atoms with Crippen LogP contribution in [0.3, 0.4) is 0 Å². The van der Waals surface area contributed by atoms with Gasteiger partial charge in [-0.2, -0.15) is 0 Å². The summed E-state index contributed by atoms with van der Waals surface area (Å²) in [4.78, 5) is 0. The lowest BCUT2D eigenvalue weighted by atomic mass is 9.89. The van der Waals surface area contributed by atoms with Gasteiger partial charge in [-0.3, -0.25) is 0 Å². The molecule has 194 valence electrons. The topological polar surface area (TPSA) is 18.1 Å². The van der Waals surface area contributed by atoms with E-state index in [1.165, 1.54) is 59.4 Å². The van der Waals surface area contributed by atoms with Crippen molar-refractivity contribution in [3.8, 4) is 5.69 Å². The van der Waals surface area contributed by atoms with Gasteiger partial charge >= 0.3 is 0 Å². The fraction of sp³-hybridized carbons (Fsp3) is 0. The number of rotatable bonds is 1. The maximum atomic E-state index is 6.72. The first-order chi connectivity index (χ1) is 20.9. The highest BCUT2D eigenvalue weighted by molar-refractivity contribution is 6.43. The quantitative estimate of drug-likeness (QED) is 0.192. The van der Waals surface area contributed by atoms with Crippen molar-refractivity contribution in [1.29, 1.82) is 0 Å². The number of nitrogens with zero attached hydrogens (tertiary/aromatic N) is 1. The number of hydrogen-bond acceptors (Lipinski definition) is 1. The predicted molar refractivity (Wildman–Crippen MR) is 178 cm³/mol. The highest BCUT2D eigenvalue weighted by atomic mass is 16.3. The van der Waals surface area contributed by atoms with Gasteiger partial charge in [0, 0.05) is 38.0 Å². The fourth-order valence-corrected chi connectivity index (χ4v) is 7.48. The molecule has 0 spiro atoms. The van der Waals surface area contributed by atoms with Crippen LogP contribution in [-0.4, -0.2) is 4.57 Å². The Morgan fingerprint density at radius 2 is 0.833 bits per heavy atom. The Morgan fingerprint density at radius 3 is 1.52 bits per heavy atom. The van der Waals surface area contributed by atoms with Crippen LogP contribution in [0.15, 0.2) is 144 Å². The average molecular weight is 534 g/mol. The van der Waals surface area contributed by atoms with Crippen LogP contribution in [0.25, 0.3) is 92.5 Å². The summed E-state index contributed by atoms with van der Waals surface area (Å²) in [5.74, 6) is 0. The highest BCUT2D eigenvalue weighted by Gasteiger charge is 2.24. The lowest BCUT2D eigenvalue weighted by Gasteiger charge is -2.17. The first-order valence-electron chi connectivity index (χ1n) is 14.5. The molecule has 0 N–H and O–H groups in total. The van der Waals surface area contributed by atoms with Gasteiger partial charge in [-0.05, 0) is 56.6 Å². The molecule has 0 unspecified atom stereocenters. The molecular formula is C40H23NO. The Morgan fingerprint density at radius 1 is 0.333 bits per heavy atom. The van der Waals surface area contributed by atoms with Gasteiger partial charge in [0.1, 0.15) is 5.58 Å². The van der Waals surface area contributed by atoms with Gasteiger partial charge in [-0.25, -0.2) is 0 Å². The maximum Gasteiger partial charge on any atom is 0.160 e. The van der Waals surface area contributed by atoms with E-state index in [0.717, 1.165) is 33.1 Å². The van der Waals surface area contributed by atoms with E-state index in [0.29, 0.717) is 0 Å². The van der Waals surface area contributed by atoms with Crippen molar-refractivity contribution in [2.75, 3.05) is 0 Å². The molecule has 2 nitrogen and oxygen atoms in total. The smallest absolute Gasteiger partial charge is 0.160 e. The molecule has 8 aromatic carbocycles. The van der Waals surface area contributed by atoms with Crippen LogP contribution in [0.4, 0.5) is 0 Å². The molecule has 2 heteroatoms. The molecule has 0 radical (unpaired) electrons. The van der Waals surface area contributed by atoms with E-state index >= 15 is 0 Å². The van der Waals surface area contributed by atoms with Crippen LogP contribution in [-0.2, 0) is 0 Å². The summed E-state index contributed by atoms with van der Waals surface area (Å²) in [6, 6.07) is 50.4. The van der Waals surface area contributed by atoms with Gasteiger partial charge in [-0.1, -0.05) is 115 Å². The second-order valence-electron chi connectivity index (χ2n) is 11.2. The van der Waals surface area contributed by atoms with Gasteiger partial charge in [-0.15, -0.1) is 0 Å². The van der Waals surface area contributed by atoms with Crippen molar-refractivity contribution >= 4 is 86.8 Å². The summed E-state index contributed by atoms with van der Waals surface area (Å²) in [6.07, 6.45) is 0. The summed E-state index contributed by atoms with van der Waals surface area (Å²) >= 11 is 0. The Bertz CT molecular complexity index is 2730. The van der Waals surface area contributed by atoms with Crippen LogP contribution in [0.2, 0.25) is 0 Å². The number of aromatic nitrogens is 1. The molecule has 0 aliphatic carbocycles. The number of benzene rings is 8. The van der Waals surface area contributed by atoms with Crippen LogP contribution in [0, 0.1) is 0 Å². The van der Waals surface area contributed by atoms with E-state index in [1.807, 2.05) is 6.07 Å². The standard InChI is InChI=1S/C40H23NO/c1-2-12-24(13-3-1)41-38-33(23-22-32-27-16-10-11-21-34(27)42-40(32)38)36-31-20-9-8-19-30(31)35-28-17-6-4-14-25(28)26-15-5-7-18-29(26)37(35)39(36)41/h1-23H. The Hall–Kier alpha value is -5.60. The predicted octanol–water partition coefficient (Wildman–Crippen LogP) is 11.3. The molecule has 0 amide bonds. The molecule has 10 aromatic rings. The minimum atomic E-state index is 0.913. The molecular weight excluding hydrogens is 510 g/mol. The second kappa shape index (κ2) is 7.99. The molecule has 0 fully saturated rings. The number of hydrogen-bond donors (Lipinski definition) is 0. The summed E-state index contributed by atoms with van der Waals surface area (Å²) in [5, 5.41) is 15.0. The zero-order valence-corrected chi connectivity index (χ0v) is 22.6. The third-order valence-corrected chi connectivity index (χ3v) is 9.12. The van der Waals surface area contributed by atoms with E-state index in [4.69, 9.17) is 4.42 Å². The number of furan rings is 1. The third-order valence-electron chi connectivity index (χ3n) is 9.12. The van der Waals surface area contributed by atoms with Crippen molar-refractivity contribution in [2.24, 2.45) is 0 Å². The zero-order chi connectivity index (χ0) is 27.4. The lowest BCUT2D eigenvalue weighted by Crippen LogP contribution is -1.96. The van der Waals surface area contributed by atoms with E-state index in [2.05, 4.69) is 138 Å². The minimum absolute atomic E-state index is 0.913. The third kappa shape index (κ3) is 2.69. The van der Waals surface area contributed by atoms with Gasteiger partial charge in [0.15, 0.2) is 5.58 Å². The van der Waals surface area contributed by atoms with E-state index < -0.39 is 0 Å². The first kappa shape index (κ1) is 22.1. The Balaban J connectivity index is 1.63. The van der Waals surface area contributed by atoms with Gasteiger partial charge in [0.05, 0.1) is 11.0 Å². The molecule has 10 rings (SSSR count). The first-order valence-corrected chi connectivity index (χ1v) is 14.5. The van der Waals surface area contributed by atoms with Crippen LogP contribution < -0.4 is 0 Å². The van der Waals surface area contributed by atoms with E-state index in [9.17, 15) is 0 Å². The molecule has 0 atom stereocenters. The van der Waals surface area contributed by atoms with Crippen molar-refractivity contribution in [1.82, 2.24) is 4.57 Å². The molecule has 0 aliphatic rings. The molecule has 2 aromatic heterocycles. The van der Waals surface area contributed by atoms with Crippen molar-refractivity contribution in [3.63, 3.8) is 0 Å². The SMILES string of the molecule is c1ccc(-n2c3c(ccc4c5ccccc5oc43)c3c4ccccc4c4c5ccccc5c5ccccc5c4c32)cc1.